The number of aldehydes is 1. The number of hydrogen-bond acceptors (Lipinski definition) is 4. The Bertz CT molecular complexity index is 577. The lowest BCUT2D eigenvalue weighted by Crippen LogP contribution is -2.34. The molecule has 0 radical (unpaired) electrons. The molecule has 88 valence electrons. The molecule has 3 rings (SSSR count). The van der Waals surface area contributed by atoms with Crippen LogP contribution >= 0.6 is 39.0 Å². The van der Waals surface area contributed by atoms with Gasteiger partial charge in [0.05, 0.1) is 18.8 Å². The molecule has 5 heteroatoms. The van der Waals surface area contributed by atoms with Crippen molar-refractivity contribution in [2.24, 2.45) is 0 Å². The normalized spacial score (nSPS) is 17.9. The number of aromatic nitrogens is 1. The standard InChI is InChI=1S/C12H10BrNOS2/c13-10-6-8-11(16-10)9(2-5-14-8)17-12(7-15)3-1-4-12/h2,5-7H,1,3-4H2. The van der Waals surface area contributed by atoms with Crippen molar-refractivity contribution < 1.29 is 4.79 Å². The van der Waals surface area contributed by atoms with Crippen LogP contribution in [-0.2, 0) is 4.79 Å². The summed E-state index contributed by atoms with van der Waals surface area (Å²) < 4.78 is 2.09. The molecule has 0 aromatic carbocycles. The second kappa shape index (κ2) is 4.37. The molecular formula is C12H10BrNOS2. The average molecular weight is 328 g/mol. The quantitative estimate of drug-likeness (QED) is 0.788. The molecule has 0 N–H and O–H groups in total. The molecule has 17 heavy (non-hydrogen) atoms. The zero-order valence-electron chi connectivity index (χ0n) is 8.98. The largest absolute Gasteiger partial charge is 0.302 e. The second-order valence-electron chi connectivity index (χ2n) is 4.21. The molecule has 1 aliphatic carbocycles. The van der Waals surface area contributed by atoms with Crippen molar-refractivity contribution in [3.05, 3.63) is 22.1 Å². The van der Waals surface area contributed by atoms with E-state index in [0.717, 1.165) is 34.9 Å². The summed E-state index contributed by atoms with van der Waals surface area (Å²) in [6, 6.07) is 4.04. The molecule has 2 aromatic heterocycles. The van der Waals surface area contributed by atoms with Gasteiger partial charge >= 0.3 is 0 Å². The van der Waals surface area contributed by atoms with Crippen molar-refractivity contribution in [2.45, 2.75) is 28.9 Å². The maximum atomic E-state index is 11.2. The van der Waals surface area contributed by atoms with Gasteiger partial charge in [0.15, 0.2) is 0 Å². The lowest BCUT2D eigenvalue weighted by Gasteiger charge is -2.35. The number of pyridine rings is 1. The van der Waals surface area contributed by atoms with Crippen LogP contribution in [0.1, 0.15) is 19.3 Å². The van der Waals surface area contributed by atoms with E-state index in [4.69, 9.17) is 0 Å². The first-order chi connectivity index (χ1) is 8.22. The van der Waals surface area contributed by atoms with Crippen molar-refractivity contribution in [1.29, 1.82) is 0 Å². The van der Waals surface area contributed by atoms with Crippen molar-refractivity contribution in [3.63, 3.8) is 0 Å². The summed E-state index contributed by atoms with van der Waals surface area (Å²) >= 11 is 6.87. The number of halogens is 1. The molecule has 2 aromatic rings. The van der Waals surface area contributed by atoms with Gasteiger partial charge < -0.3 is 4.79 Å². The van der Waals surface area contributed by atoms with Gasteiger partial charge in [0.1, 0.15) is 6.29 Å². The molecule has 0 saturated heterocycles. The van der Waals surface area contributed by atoms with Crippen LogP contribution in [0.5, 0.6) is 0 Å². The predicted molar refractivity (Wildman–Crippen MR) is 75.8 cm³/mol. The summed E-state index contributed by atoms with van der Waals surface area (Å²) in [5.41, 5.74) is 1.01. The van der Waals surface area contributed by atoms with E-state index >= 15 is 0 Å². The van der Waals surface area contributed by atoms with Crippen LogP contribution in [0.15, 0.2) is 27.0 Å². The molecule has 1 fully saturated rings. The molecule has 1 saturated carbocycles. The summed E-state index contributed by atoms with van der Waals surface area (Å²) in [6.07, 6.45) is 6.10. The van der Waals surface area contributed by atoms with Gasteiger partial charge in [-0.3, -0.25) is 4.98 Å². The number of thiophene rings is 1. The van der Waals surface area contributed by atoms with Gasteiger partial charge in [-0.05, 0) is 47.3 Å². The van der Waals surface area contributed by atoms with Crippen molar-refractivity contribution in [3.8, 4) is 0 Å². The highest BCUT2D eigenvalue weighted by atomic mass is 79.9. The van der Waals surface area contributed by atoms with Gasteiger partial charge in [-0.1, -0.05) is 0 Å². The Labute approximate surface area is 116 Å². The third kappa shape index (κ3) is 2.04. The number of carbonyl (C=O) groups excluding carboxylic acids is 1. The first kappa shape index (κ1) is 11.7. The van der Waals surface area contributed by atoms with Crippen molar-refractivity contribution in [2.75, 3.05) is 0 Å². The van der Waals surface area contributed by atoms with Gasteiger partial charge in [-0.2, -0.15) is 0 Å². The third-order valence-corrected chi connectivity index (χ3v) is 6.33. The Hall–Kier alpha value is -0.390. The fourth-order valence-electron chi connectivity index (χ4n) is 1.95. The fourth-order valence-corrected chi connectivity index (χ4v) is 4.96. The van der Waals surface area contributed by atoms with Crippen LogP contribution in [0.3, 0.4) is 0 Å². The zero-order chi connectivity index (χ0) is 11.9. The lowest BCUT2D eigenvalue weighted by atomic mass is 9.86. The van der Waals surface area contributed by atoms with Crippen LogP contribution in [0.25, 0.3) is 10.2 Å². The number of hydrogen-bond donors (Lipinski definition) is 0. The lowest BCUT2D eigenvalue weighted by molar-refractivity contribution is -0.111. The average Bonchev–Trinajstić information content (AvgIpc) is 2.64. The summed E-state index contributed by atoms with van der Waals surface area (Å²) in [6.45, 7) is 0. The van der Waals surface area contributed by atoms with Gasteiger partial charge in [0, 0.05) is 11.1 Å². The number of carbonyl (C=O) groups is 1. The highest BCUT2D eigenvalue weighted by molar-refractivity contribution is 9.11. The van der Waals surface area contributed by atoms with E-state index in [0.29, 0.717) is 0 Å². The SMILES string of the molecule is O=CC1(Sc2ccnc3cc(Br)sc23)CCC1. The maximum absolute atomic E-state index is 11.2. The molecule has 0 amide bonds. The van der Waals surface area contributed by atoms with Crippen LogP contribution in [0.2, 0.25) is 0 Å². The summed E-state index contributed by atoms with van der Waals surface area (Å²) in [5, 5.41) is 0. The van der Waals surface area contributed by atoms with E-state index in [1.807, 2.05) is 18.3 Å². The highest BCUT2D eigenvalue weighted by Gasteiger charge is 2.38. The summed E-state index contributed by atoms with van der Waals surface area (Å²) in [7, 11) is 0. The van der Waals surface area contributed by atoms with E-state index in [-0.39, 0.29) is 4.75 Å². The predicted octanol–water partition coefficient (Wildman–Crippen LogP) is 4.27. The first-order valence-electron chi connectivity index (χ1n) is 5.42. The molecule has 0 unspecified atom stereocenters. The zero-order valence-corrected chi connectivity index (χ0v) is 12.2. The van der Waals surface area contributed by atoms with E-state index in [2.05, 4.69) is 20.9 Å². The number of rotatable bonds is 3. The van der Waals surface area contributed by atoms with E-state index in [1.54, 1.807) is 23.1 Å². The highest BCUT2D eigenvalue weighted by Crippen LogP contribution is 2.48. The molecule has 0 bridgehead atoms. The van der Waals surface area contributed by atoms with Crippen molar-refractivity contribution >= 4 is 55.5 Å². The first-order valence-corrected chi connectivity index (χ1v) is 7.84. The Morgan fingerprint density at radius 1 is 1.53 bits per heavy atom. The van der Waals surface area contributed by atoms with Crippen LogP contribution < -0.4 is 0 Å². The Kier molecular flexibility index (Phi) is 3.00. The maximum Gasteiger partial charge on any atom is 0.136 e. The Morgan fingerprint density at radius 3 is 3.00 bits per heavy atom. The minimum absolute atomic E-state index is 0.176. The number of thioether (sulfide) groups is 1. The molecular weight excluding hydrogens is 318 g/mol. The van der Waals surface area contributed by atoms with Crippen LogP contribution in [0, 0.1) is 0 Å². The molecule has 0 atom stereocenters. The Balaban J connectivity index is 2.02. The fraction of sp³-hybridized carbons (Fsp3) is 0.333. The minimum Gasteiger partial charge on any atom is -0.302 e. The van der Waals surface area contributed by atoms with Crippen molar-refractivity contribution in [1.82, 2.24) is 4.98 Å². The van der Waals surface area contributed by atoms with Gasteiger partial charge in [0.2, 0.25) is 0 Å². The smallest absolute Gasteiger partial charge is 0.136 e. The Morgan fingerprint density at radius 2 is 2.35 bits per heavy atom. The van der Waals surface area contributed by atoms with Crippen LogP contribution in [0.4, 0.5) is 0 Å². The van der Waals surface area contributed by atoms with Gasteiger partial charge in [-0.15, -0.1) is 23.1 Å². The monoisotopic (exact) mass is 327 g/mol. The summed E-state index contributed by atoms with van der Waals surface area (Å²) in [4.78, 5) is 16.7. The van der Waals surface area contributed by atoms with Gasteiger partial charge in [0.25, 0.3) is 0 Å². The molecule has 0 aliphatic heterocycles. The van der Waals surface area contributed by atoms with Crippen LogP contribution in [-0.4, -0.2) is 16.0 Å². The summed E-state index contributed by atoms with van der Waals surface area (Å²) in [5.74, 6) is 0. The molecule has 1 aliphatic rings. The third-order valence-electron chi connectivity index (χ3n) is 3.07. The number of nitrogens with zero attached hydrogens (tertiary/aromatic N) is 1. The topological polar surface area (TPSA) is 30.0 Å². The van der Waals surface area contributed by atoms with Gasteiger partial charge in [-0.25, -0.2) is 0 Å². The molecule has 2 heterocycles. The minimum atomic E-state index is -0.176. The molecule has 0 spiro atoms. The van der Waals surface area contributed by atoms with E-state index in [1.165, 1.54) is 9.60 Å². The van der Waals surface area contributed by atoms with E-state index < -0.39 is 0 Å². The second-order valence-corrected chi connectivity index (χ2v) is 8.10. The molecule has 2 nitrogen and oxygen atoms in total. The van der Waals surface area contributed by atoms with E-state index in [9.17, 15) is 4.79 Å². The number of fused-ring (bicyclic) bond motifs is 1.